The van der Waals surface area contributed by atoms with Crippen LogP contribution in [0, 0.1) is 5.41 Å². The minimum Gasteiger partial charge on any atom is -0.378 e. The van der Waals surface area contributed by atoms with Crippen molar-refractivity contribution < 1.29 is 9.53 Å². The van der Waals surface area contributed by atoms with E-state index in [2.05, 4.69) is 31.1 Å². The average Bonchev–Trinajstić information content (AvgIpc) is 2.45. The van der Waals surface area contributed by atoms with Gasteiger partial charge in [0.2, 0.25) is 5.91 Å². The summed E-state index contributed by atoms with van der Waals surface area (Å²) in [6, 6.07) is 4.08. The lowest BCUT2D eigenvalue weighted by Crippen LogP contribution is -2.68. The van der Waals surface area contributed by atoms with Crippen LogP contribution in [-0.2, 0) is 16.0 Å². The number of amides is 1. The van der Waals surface area contributed by atoms with Crippen LogP contribution < -0.4 is 5.32 Å². The maximum Gasteiger partial charge on any atom is 0.220 e. The van der Waals surface area contributed by atoms with Crippen molar-refractivity contribution in [1.29, 1.82) is 0 Å². The molecule has 0 spiro atoms. The Bertz CT molecular complexity index is 473. The predicted octanol–water partition coefficient (Wildman–Crippen LogP) is 2.33. The van der Waals surface area contributed by atoms with E-state index >= 15 is 0 Å². The van der Waals surface area contributed by atoms with Gasteiger partial charge >= 0.3 is 0 Å². The van der Waals surface area contributed by atoms with Crippen molar-refractivity contribution in [3.05, 3.63) is 30.1 Å². The van der Waals surface area contributed by atoms with E-state index in [1.165, 1.54) is 0 Å². The van der Waals surface area contributed by atoms with E-state index in [1.54, 1.807) is 13.3 Å². The Kier molecular flexibility index (Phi) is 4.14. The summed E-state index contributed by atoms with van der Waals surface area (Å²) in [6.07, 6.45) is 5.65. The highest BCUT2D eigenvalue weighted by molar-refractivity contribution is 5.76. The minimum absolute atomic E-state index is 0.0360. The van der Waals surface area contributed by atoms with Crippen LogP contribution in [0.5, 0.6) is 0 Å². The highest BCUT2D eigenvalue weighted by Crippen LogP contribution is 2.51. The molecule has 2 atom stereocenters. The number of hydrogen-bond donors (Lipinski definition) is 1. The van der Waals surface area contributed by atoms with Crippen molar-refractivity contribution in [3.8, 4) is 0 Å². The second-order valence-corrected chi connectivity index (χ2v) is 6.34. The third-order valence-electron chi connectivity index (χ3n) is 4.98. The molecule has 1 aromatic rings. The summed E-state index contributed by atoms with van der Waals surface area (Å²) >= 11 is 0. The van der Waals surface area contributed by atoms with Crippen LogP contribution in [0.15, 0.2) is 24.5 Å². The van der Waals surface area contributed by atoms with E-state index in [0.717, 1.165) is 18.4 Å². The molecule has 0 radical (unpaired) electrons. The molecule has 2 rings (SSSR count). The Morgan fingerprint density at radius 1 is 1.50 bits per heavy atom. The monoisotopic (exact) mass is 276 g/mol. The van der Waals surface area contributed by atoms with Gasteiger partial charge < -0.3 is 10.1 Å². The molecule has 0 bridgehead atoms. The summed E-state index contributed by atoms with van der Waals surface area (Å²) in [6.45, 7) is 6.39. The second-order valence-electron chi connectivity index (χ2n) is 6.34. The number of nitrogens with zero attached hydrogens (tertiary/aromatic N) is 1. The van der Waals surface area contributed by atoms with Crippen molar-refractivity contribution in [2.75, 3.05) is 7.11 Å². The molecule has 1 fully saturated rings. The van der Waals surface area contributed by atoms with E-state index in [9.17, 15) is 4.79 Å². The summed E-state index contributed by atoms with van der Waals surface area (Å²) < 4.78 is 5.57. The zero-order valence-corrected chi connectivity index (χ0v) is 12.8. The van der Waals surface area contributed by atoms with Crippen LogP contribution in [0.3, 0.4) is 0 Å². The summed E-state index contributed by atoms with van der Waals surface area (Å²) in [5, 5.41) is 3.13. The smallest absolute Gasteiger partial charge is 0.220 e. The summed E-state index contributed by atoms with van der Waals surface area (Å²) in [5.74, 6) is 0.102. The first kappa shape index (κ1) is 15.0. The number of nitrogens with one attached hydrogen (secondary N) is 1. The van der Waals surface area contributed by atoms with Crippen molar-refractivity contribution in [2.24, 2.45) is 5.41 Å². The number of ether oxygens (including phenoxy) is 1. The van der Waals surface area contributed by atoms with Gasteiger partial charge in [0.15, 0.2) is 0 Å². The fourth-order valence-electron chi connectivity index (χ4n) is 2.79. The van der Waals surface area contributed by atoms with Gasteiger partial charge in [-0.25, -0.2) is 0 Å². The number of aromatic nitrogens is 1. The molecular formula is C16H24N2O2. The normalized spacial score (nSPS) is 27.7. The fourth-order valence-corrected chi connectivity index (χ4v) is 2.79. The molecule has 1 heterocycles. The molecule has 20 heavy (non-hydrogen) atoms. The predicted molar refractivity (Wildman–Crippen MR) is 78.3 cm³/mol. The molecule has 4 nitrogen and oxygen atoms in total. The van der Waals surface area contributed by atoms with Crippen molar-refractivity contribution >= 4 is 5.91 Å². The van der Waals surface area contributed by atoms with Crippen molar-refractivity contribution in [1.82, 2.24) is 10.3 Å². The number of pyridine rings is 1. The summed E-state index contributed by atoms with van der Waals surface area (Å²) in [7, 11) is 1.74. The van der Waals surface area contributed by atoms with Crippen LogP contribution in [0.4, 0.5) is 0 Å². The SMILES string of the molecule is CO[C@]1(C)C[C@H](NC(=O)CCc2cccnc2)C1(C)C. The molecule has 1 N–H and O–H groups in total. The average molecular weight is 276 g/mol. The molecule has 1 amide bonds. The molecule has 1 aliphatic rings. The molecule has 0 saturated heterocycles. The van der Waals surface area contributed by atoms with E-state index in [0.29, 0.717) is 6.42 Å². The summed E-state index contributed by atoms with van der Waals surface area (Å²) in [5.41, 5.74) is 0.914. The molecule has 4 heteroatoms. The first-order valence-electron chi connectivity index (χ1n) is 7.12. The Balaban J connectivity index is 1.82. The van der Waals surface area contributed by atoms with Gasteiger partial charge in [0.25, 0.3) is 0 Å². The van der Waals surface area contributed by atoms with Gasteiger partial charge in [0, 0.05) is 37.4 Å². The highest BCUT2D eigenvalue weighted by Gasteiger charge is 2.58. The Morgan fingerprint density at radius 3 is 2.80 bits per heavy atom. The Labute approximate surface area is 120 Å². The van der Waals surface area contributed by atoms with Crippen LogP contribution in [0.2, 0.25) is 0 Å². The number of aryl methyl sites for hydroxylation is 1. The van der Waals surface area contributed by atoms with E-state index < -0.39 is 0 Å². The zero-order chi connectivity index (χ0) is 14.8. The number of hydrogen-bond acceptors (Lipinski definition) is 3. The fraction of sp³-hybridized carbons (Fsp3) is 0.625. The molecule has 0 unspecified atom stereocenters. The lowest BCUT2D eigenvalue weighted by atomic mass is 9.56. The Morgan fingerprint density at radius 2 is 2.25 bits per heavy atom. The van der Waals surface area contributed by atoms with Crippen LogP contribution in [0.25, 0.3) is 0 Å². The number of carbonyl (C=O) groups is 1. The Hall–Kier alpha value is -1.42. The molecule has 1 aliphatic carbocycles. The van der Waals surface area contributed by atoms with Gasteiger partial charge in [-0.05, 0) is 31.4 Å². The van der Waals surface area contributed by atoms with Crippen molar-refractivity contribution in [2.45, 2.75) is 51.7 Å². The molecular weight excluding hydrogens is 252 g/mol. The van der Waals surface area contributed by atoms with Crippen LogP contribution in [-0.4, -0.2) is 29.6 Å². The third kappa shape index (κ3) is 2.70. The third-order valence-corrected chi connectivity index (χ3v) is 4.98. The lowest BCUT2D eigenvalue weighted by molar-refractivity contribution is -0.182. The van der Waals surface area contributed by atoms with Crippen LogP contribution in [0.1, 0.15) is 39.2 Å². The van der Waals surface area contributed by atoms with Crippen LogP contribution >= 0.6 is 0 Å². The lowest BCUT2D eigenvalue weighted by Gasteiger charge is -2.59. The maximum atomic E-state index is 12.0. The highest BCUT2D eigenvalue weighted by atomic mass is 16.5. The van der Waals surface area contributed by atoms with Gasteiger partial charge in [-0.2, -0.15) is 0 Å². The molecule has 0 aromatic carbocycles. The first-order chi connectivity index (χ1) is 9.39. The number of carbonyl (C=O) groups excluding carboxylic acids is 1. The standard InChI is InChI=1S/C16H24N2O2/c1-15(2)13(10-16(15,3)20-4)18-14(19)8-7-12-6-5-9-17-11-12/h5-6,9,11,13H,7-8,10H2,1-4H3,(H,18,19)/t13-,16+/m0/s1. The van der Waals surface area contributed by atoms with E-state index in [-0.39, 0.29) is 23.0 Å². The van der Waals surface area contributed by atoms with E-state index in [1.807, 2.05) is 18.3 Å². The number of methoxy groups -OCH3 is 1. The quantitative estimate of drug-likeness (QED) is 0.898. The minimum atomic E-state index is -0.145. The van der Waals surface area contributed by atoms with E-state index in [4.69, 9.17) is 4.74 Å². The molecule has 1 saturated carbocycles. The van der Waals surface area contributed by atoms with Gasteiger partial charge in [-0.3, -0.25) is 9.78 Å². The van der Waals surface area contributed by atoms with Crippen molar-refractivity contribution in [3.63, 3.8) is 0 Å². The molecule has 110 valence electrons. The van der Waals surface area contributed by atoms with Gasteiger partial charge in [-0.1, -0.05) is 19.9 Å². The second kappa shape index (κ2) is 5.52. The maximum absolute atomic E-state index is 12.0. The van der Waals surface area contributed by atoms with Gasteiger partial charge in [0.1, 0.15) is 0 Å². The van der Waals surface area contributed by atoms with Gasteiger partial charge in [0.05, 0.1) is 5.60 Å². The largest absolute Gasteiger partial charge is 0.378 e. The summed E-state index contributed by atoms with van der Waals surface area (Å²) in [4.78, 5) is 16.1. The van der Waals surface area contributed by atoms with Gasteiger partial charge in [-0.15, -0.1) is 0 Å². The molecule has 1 aromatic heterocycles. The zero-order valence-electron chi connectivity index (χ0n) is 12.8. The number of rotatable bonds is 5. The topological polar surface area (TPSA) is 51.2 Å². The molecule has 0 aliphatic heterocycles. The first-order valence-corrected chi connectivity index (χ1v) is 7.12.